The fourth-order valence-electron chi connectivity index (χ4n) is 2.58. The van der Waals surface area contributed by atoms with Gasteiger partial charge in [-0.3, -0.25) is 0 Å². The zero-order chi connectivity index (χ0) is 17.3. The number of carbonyl (C=O) groups is 1. The first-order valence-corrected chi connectivity index (χ1v) is 7.58. The molecule has 0 aliphatic rings. The molecule has 0 atom stereocenters. The van der Waals surface area contributed by atoms with E-state index in [1.807, 2.05) is 53.7 Å². The molecule has 1 N–H and O–H groups in total. The van der Waals surface area contributed by atoms with Crippen LogP contribution in [0.25, 0.3) is 0 Å². The predicted molar refractivity (Wildman–Crippen MR) is 87.7 cm³/mol. The van der Waals surface area contributed by atoms with Gasteiger partial charge >= 0.3 is 0 Å². The lowest BCUT2D eigenvalue weighted by molar-refractivity contribution is -0.299. The molecule has 0 fully saturated rings. The predicted octanol–water partition coefficient (Wildman–Crippen LogP) is 3.34. The maximum absolute atomic E-state index is 11.2. The van der Waals surface area contributed by atoms with Crippen molar-refractivity contribution >= 4 is 5.97 Å². The topological polar surface area (TPSA) is 60.4 Å². The third-order valence-electron chi connectivity index (χ3n) is 3.91. The molecule has 3 heteroatoms. The van der Waals surface area contributed by atoms with Gasteiger partial charge in [0.05, 0.1) is 5.97 Å². The van der Waals surface area contributed by atoms with Crippen LogP contribution >= 0.6 is 0 Å². The Kier molecular flexibility index (Phi) is 5.11. The van der Waals surface area contributed by atoms with Crippen LogP contribution in [0.4, 0.5) is 0 Å². The first-order chi connectivity index (χ1) is 9.84. The Hall–Kier alpha value is -1.77. The van der Waals surface area contributed by atoms with E-state index in [0.29, 0.717) is 6.42 Å². The van der Waals surface area contributed by atoms with Gasteiger partial charge in [0.15, 0.2) is 0 Å². The molecule has 122 valence electrons. The Labute approximate surface area is 133 Å². The van der Waals surface area contributed by atoms with Crippen LogP contribution in [-0.2, 0) is 16.6 Å². The maximum atomic E-state index is 11.2. The van der Waals surface area contributed by atoms with Gasteiger partial charge in [-0.15, -0.1) is 0 Å². The lowest BCUT2D eigenvalue weighted by Crippen LogP contribution is -2.27. The second kappa shape index (κ2) is 6.15. The monoisotopic (exact) mass is 303 g/mol. The van der Waals surface area contributed by atoms with E-state index in [2.05, 4.69) is 0 Å². The zero-order valence-electron chi connectivity index (χ0n) is 14.7. The third-order valence-corrected chi connectivity index (χ3v) is 3.91. The van der Waals surface area contributed by atoms with Crippen molar-refractivity contribution < 1.29 is 15.0 Å². The van der Waals surface area contributed by atoms with Crippen LogP contribution < -0.4 is 5.11 Å². The standard InChI is InChI=1S/C19H28O3/c1-12(17(21)22)14(18(2,3)4)10-13-8-9-16(20)15(11-13)19(5,6)7/h8-9,11,20H,10H2,1-7H3,(H,21,22)/p-1/b14-12+. The highest BCUT2D eigenvalue weighted by atomic mass is 16.4. The molecule has 0 aliphatic heterocycles. The first-order valence-electron chi connectivity index (χ1n) is 7.58. The van der Waals surface area contributed by atoms with Crippen LogP contribution in [0.15, 0.2) is 29.3 Å². The van der Waals surface area contributed by atoms with Gasteiger partial charge in [0.25, 0.3) is 0 Å². The van der Waals surface area contributed by atoms with E-state index in [9.17, 15) is 15.0 Å². The molecule has 22 heavy (non-hydrogen) atoms. The van der Waals surface area contributed by atoms with Crippen LogP contribution in [0, 0.1) is 5.41 Å². The number of rotatable bonds is 3. The first kappa shape index (κ1) is 18.3. The number of carboxylic acid groups (broad SMARTS) is 1. The van der Waals surface area contributed by atoms with Crippen LogP contribution in [0.2, 0.25) is 0 Å². The minimum Gasteiger partial charge on any atom is -0.545 e. The fraction of sp³-hybridized carbons (Fsp3) is 0.526. The number of aromatic hydroxyl groups is 1. The summed E-state index contributed by atoms with van der Waals surface area (Å²) in [6.45, 7) is 13.7. The summed E-state index contributed by atoms with van der Waals surface area (Å²) in [7, 11) is 0. The Morgan fingerprint density at radius 3 is 2.09 bits per heavy atom. The zero-order valence-corrected chi connectivity index (χ0v) is 14.7. The summed E-state index contributed by atoms with van der Waals surface area (Å²) in [6, 6.07) is 5.49. The summed E-state index contributed by atoms with van der Waals surface area (Å²) in [5, 5.41) is 21.3. The SMILES string of the molecule is C/C(C(=O)[O-])=C(/Cc1ccc(O)c(C(C)(C)C)c1)C(C)(C)C. The average Bonchev–Trinajstić information content (AvgIpc) is 2.33. The molecule has 1 rings (SSSR count). The minimum absolute atomic E-state index is 0.172. The summed E-state index contributed by atoms with van der Waals surface area (Å²) in [6.07, 6.45) is 0.534. The Morgan fingerprint density at radius 2 is 1.68 bits per heavy atom. The second-order valence-corrected chi connectivity index (χ2v) is 7.92. The molecule has 3 nitrogen and oxygen atoms in total. The van der Waals surface area contributed by atoms with Crippen molar-refractivity contribution in [3.8, 4) is 5.75 Å². The number of phenols is 1. The molecular formula is C19H27O3-. The van der Waals surface area contributed by atoms with E-state index in [4.69, 9.17) is 0 Å². The van der Waals surface area contributed by atoms with Crippen molar-refractivity contribution in [3.63, 3.8) is 0 Å². The molecule has 0 saturated heterocycles. The lowest BCUT2D eigenvalue weighted by atomic mass is 9.79. The third kappa shape index (κ3) is 4.36. The van der Waals surface area contributed by atoms with E-state index < -0.39 is 5.97 Å². The largest absolute Gasteiger partial charge is 0.545 e. The van der Waals surface area contributed by atoms with Gasteiger partial charge in [0, 0.05) is 0 Å². The van der Waals surface area contributed by atoms with Crippen molar-refractivity contribution in [3.05, 3.63) is 40.5 Å². The number of hydrogen-bond donors (Lipinski definition) is 1. The molecule has 0 unspecified atom stereocenters. The summed E-state index contributed by atoms with van der Waals surface area (Å²) >= 11 is 0. The number of aliphatic carboxylic acids is 1. The van der Waals surface area contributed by atoms with Gasteiger partial charge in [-0.2, -0.15) is 0 Å². The summed E-state index contributed by atoms with van der Waals surface area (Å²) < 4.78 is 0. The Balaban J connectivity index is 3.33. The summed E-state index contributed by atoms with van der Waals surface area (Å²) in [5.74, 6) is -0.853. The van der Waals surface area contributed by atoms with Crippen LogP contribution in [0.1, 0.15) is 59.6 Å². The fourth-order valence-corrected chi connectivity index (χ4v) is 2.58. The van der Waals surface area contributed by atoms with E-state index in [0.717, 1.165) is 16.7 Å². The van der Waals surface area contributed by atoms with Crippen molar-refractivity contribution in [1.29, 1.82) is 0 Å². The number of benzene rings is 1. The Bertz CT molecular complexity index is 596. The molecule has 1 aromatic rings. The lowest BCUT2D eigenvalue weighted by Gasteiger charge is -2.27. The highest BCUT2D eigenvalue weighted by Crippen LogP contribution is 2.35. The van der Waals surface area contributed by atoms with Gasteiger partial charge in [0.1, 0.15) is 5.75 Å². The quantitative estimate of drug-likeness (QED) is 0.871. The molecule has 1 aromatic carbocycles. The number of allylic oxidation sites excluding steroid dienone is 1. The molecule has 0 aromatic heterocycles. The van der Waals surface area contributed by atoms with E-state index in [1.54, 1.807) is 13.0 Å². The van der Waals surface area contributed by atoms with E-state index >= 15 is 0 Å². The molecule has 0 heterocycles. The molecular weight excluding hydrogens is 276 g/mol. The molecule has 0 aliphatic carbocycles. The molecule has 0 spiro atoms. The van der Waals surface area contributed by atoms with Crippen LogP contribution in [-0.4, -0.2) is 11.1 Å². The second-order valence-electron chi connectivity index (χ2n) is 7.92. The minimum atomic E-state index is -1.13. The van der Waals surface area contributed by atoms with Crippen molar-refractivity contribution in [2.24, 2.45) is 5.41 Å². The smallest absolute Gasteiger partial charge is 0.119 e. The highest BCUT2D eigenvalue weighted by Gasteiger charge is 2.22. The molecule has 0 bridgehead atoms. The number of carboxylic acids is 1. The summed E-state index contributed by atoms with van der Waals surface area (Å²) in [5.41, 5.74) is 2.56. The molecule has 0 saturated carbocycles. The summed E-state index contributed by atoms with van der Waals surface area (Å²) in [4.78, 5) is 11.2. The normalized spacial score (nSPS) is 13.8. The number of carbonyl (C=O) groups excluding carboxylic acids is 1. The van der Waals surface area contributed by atoms with Crippen LogP contribution in [0.3, 0.4) is 0 Å². The van der Waals surface area contributed by atoms with Gasteiger partial charge < -0.3 is 15.0 Å². The highest BCUT2D eigenvalue weighted by molar-refractivity contribution is 5.85. The van der Waals surface area contributed by atoms with Gasteiger partial charge in [0.2, 0.25) is 0 Å². The number of phenolic OH excluding ortho intramolecular Hbond substituents is 1. The van der Waals surface area contributed by atoms with Crippen LogP contribution in [0.5, 0.6) is 5.75 Å². The average molecular weight is 303 g/mol. The van der Waals surface area contributed by atoms with Crippen molar-refractivity contribution in [1.82, 2.24) is 0 Å². The maximum Gasteiger partial charge on any atom is 0.119 e. The molecule has 0 radical (unpaired) electrons. The van der Waals surface area contributed by atoms with Gasteiger partial charge in [-0.05, 0) is 46.9 Å². The number of hydrogen-bond acceptors (Lipinski definition) is 3. The van der Waals surface area contributed by atoms with E-state index in [-0.39, 0.29) is 22.2 Å². The van der Waals surface area contributed by atoms with E-state index in [1.165, 1.54) is 0 Å². The van der Waals surface area contributed by atoms with Gasteiger partial charge in [-0.1, -0.05) is 59.2 Å². The molecule has 0 amide bonds. The van der Waals surface area contributed by atoms with Crippen molar-refractivity contribution in [2.45, 2.75) is 60.3 Å². The van der Waals surface area contributed by atoms with Crippen molar-refractivity contribution in [2.75, 3.05) is 0 Å². The van der Waals surface area contributed by atoms with Gasteiger partial charge in [-0.25, -0.2) is 0 Å². The Morgan fingerprint density at radius 1 is 1.14 bits per heavy atom.